The van der Waals surface area contributed by atoms with E-state index in [-0.39, 0.29) is 11.9 Å². The molecule has 0 amide bonds. The smallest absolute Gasteiger partial charge is 0.343 e. The zero-order valence-electron chi connectivity index (χ0n) is 15.2. The molecule has 0 aromatic heterocycles. The van der Waals surface area contributed by atoms with E-state index < -0.39 is 5.97 Å². The lowest BCUT2D eigenvalue weighted by Crippen LogP contribution is -2.07. The molecule has 138 valence electrons. The van der Waals surface area contributed by atoms with Crippen molar-refractivity contribution in [3.63, 3.8) is 0 Å². The van der Waals surface area contributed by atoms with Crippen LogP contribution in [-0.4, -0.2) is 26.2 Å². The maximum absolute atomic E-state index is 12.2. The normalized spacial score (nSPS) is 15.6. The number of methoxy groups -OCH3 is 2. The molecule has 0 N–H and O–H groups in total. The molecule has 2 aromatic carbocycles. The number of allylic oxidation sites excluding steroid dienone is 3. The van der Waals surface area contributed by atoms with E-state index in [4.69, 9.17) is 14.2 Å². The van der Waals surface area contributed by atoms with E-state index in [9.17, 15) is 9.59 Å². The van der Waals surface area contributed by atoms with Crippen LogP contribution in [0, 0.1) is 0 Å². The minimum absolute atomic E-state index is 0.167. The molecular formula is C22H20O5. The Kier molecular flexibility index (Phi) is 5.71. The fourth-order valence-electron chi connectivity index (χ4n) is 2.80. The maximum Gasteiger partial charge on any atom is 0.343 e. The third-order valence-electron chi connectivity index (χ3n) is 4.36. The maximum atomic E-state index is 12.2. The summed E-state index contributed by atoms with van der Waals surface area (Å²) in [5.41, 5.74) is 2.06. The molecule has 0 fully saturated rings. The minimum Gasteiger partial charge on any atom is -0.497 e. The lowest BCUT2D eigenvalue weighted by Gasteiger charge is -2.17. The van der Waals surface area contributed by atoms with Crippen LogP contribution in [0.15, 0.2) is 72.5 Å². The highest BCUT2D eigenvalue weighted by Crippen LogP contribution is 2.28. The Morgan fingerprint density at radius 1 is 0.889 bits per heavy atom. The molecular weight excluding hydrogens is 344 g/mol. The van der Waals surface area contributed by atoms with Gasteiger partial charge in [-0.3, -0.25) is 0 Å². The lowest BCUT2D eigenvalue weighted by molar-refractivity contribution is 0.0598. The van der Waals surface area contributed by atoms with Crippen molar-refractivity contribution in [3.8, 4) is 5.75 Å². The summed E-state index contributed by atoms with van der Waals surface area (Å²) in [6, 6.07) is 14.1. The van der Waals surface area contributed by atoms with Gasteiger partial charge in [0.05, 0.1) is 25.3 Å². The van der Waals surface area contributed by atoms with Crippen molar-refractivity contribution < 1.29 is 23.8 Å². The van der Waals surface area contributed by atoms with Gasteiger partial charge in [-0.1, -0.05) is 18.2 Å². The first kappa shape index (κ1) is 18.5. The highest BCUT2D eigenvalue weighted by atomic mass is 16.5. The second-order valence-corrected chi connectivity index (χ2v) is 6.04. The second-order valence-electron chi connectivity index (χ2n) is 6.04. The van der Waals surface area contributed by atoms with E-state index in [0.29, 0.717) is 29.1 Å². The Balaban J connectivity index is 1.60. The molecule has 0 bridgehead atoms. The highest BCUT2D eigenvalue weighted by molar-refractivity contribution is 5.90. The molecule has 0 saturated carbocycles. The molecule has 1 aliphatic carbocycles. The molecule has 5 heteroatoms. The van der Waals surface area contributed by atoms with Crippen LogP contribution < -0.4 is 4.74 Å². The fourth-order valence-corrected chi connectivity index (χ4v) is 2.80. The van der Waals surface area contributed by atoms with Crippen molar-refractivity contribution in [1.82, 2.24) is 0 Å². The summed E-state index contributed by atoms with van der Waals surface area (Å²) in [6.07, 6.45) is 6.38. The van der Waals surface area contributed by atoms with Crippen molar-refractivity contribution in [3.05, 3.63) is 89.2 Å². The number of esters is 2. The minimum atomic E-state index is -0.408. The molecule has 0 spiro atoms. The fraction of sp³-hybridized carbons (Fsp3) is 0.182. The van der Waals surface area contributed by atoms with Gasteiger partial charge in [-0.15, -0.1) is 0 Å². The van der Waals surface area contributed by atoms with Crippen LogP contribution in [0.3, 0.4) is 0 Å². The lowest BCUT2D eigenvalue weighted by atomic mass is 9.91. The van der Waals surface area contributed by atoms with Gasteiger partial charge in [0.25, 0.3) is 0 Å². The summed E-state index contributed by atoms with van der Waals surface area (Å²) in [6.45, 7) is 0. The van der Waals surface area contributed by atoms with E-state index in [0.717, 1.165) is 5.56 Å². The number of benzene rings is 2. The van der Waals surface area contributed by atoms with Crippen LogP contribution in [-0.2, 0) is 9.47 Å². The Labute approximate surface area is 157 Å². The van der Waals surface area contributed by atoms with Gasteiger partial charge >= 0.3 is 11.9 Å². The first-order valence-electron chi connectivity index (χ1n) is 8.53. The van der Waals surface area contributed by atoms with Crippen LogP contribution in [0.25, 0.3) is 0 Å². The van der Waals surface area contributed by atoms with Gasteiger partial charge in [-0.05, 0) is 60.5 Å². The molecule has 0 radical (unpaired) electrons. The summed E-state index contributed by atoms with van der Waals surface area (Å²) in [7, 11) is 2.93. The van der Waals surface area contributed by atoms with Crippen LogP contribution in [0.2, 0.25) is 0 Å². The van der Waals surface area contributed by atoms with E-state index in [1.54, 1.807) is 49.6 Å². The predicted molar refractivity (Wildman–Crippen MR) is 101 cm³/mol. The number of hydrogen-bond donors (Lipinski definition) is 0. The molecule has 1 aliphatic rings. The zero-order valence-corrected chi connectivity index (χ0v) is 15.2. The number of carbonyl (C=O) groups excluding carboxylic acids is 2. The summed E-state index contributed by atoms with van der Waals surface area (Å²) in [5.74, 6) is 0.616. The average Bonchev–Trinajstić information content (AvgIpc) is 2.74. The molecule has 2 aromatic rings. The SMILES string of the molecule is COC(=O)c1ccc(C2C=CC(OC(=O)c3ccc(OC)cc3)=CC2)cc1. The van der Waals surface area contributed by atoms with Gasteiger partial charge in [0.15, 0.2) is 0 Å². The van der Waals surface area contributed by atoms with Gasteiger partial charge in [0.2, 0.25) is 0 Å². The molecule has 1 atom stereocenters. The van der Waals surface area contributed by atoms with Crippen LogP contribution in [0.5, 0.6) is 5.75 Å². The number of hydrogen-bond acceptors (Lipinski definition) is 5. The van der Waals surface area contributed by atoms with Crippen LogP contribution >= 0.6 is 0 Å². The molecule has 0 heterocycles. The topological polar surface area (TPSA) is 61.8 Å². The molecule has 0 saturated heterocycles. The zero-order chi connectivity index (χ0) is 19.2. The van der Waals surface area contributed by atoms with E-state index in [1.807, 2.05) is 24.3 Å². The third-order valence-corrected chi connectivity index (χ3v) is 4.36. The van der Waals surface area contributed by atoms with Crippen molar-refractivity contribution in [2.75, 3.05) is 14.2 Å². The molecule has 5 nitrogen and oxygen atoms in total. The Bertz CT molecular complexity index is 876. The molecule has 0 aliphatic heterocycles. The Morgan fingerprint density at radius 2 is 1.52 bits per heavy atom. The number of rotatable bonds is 5. The first-order valence-corrected chi connectivity index (χ1v) is 8.53. The Morgan fingerprint density at radius 3 is 2.07 bits per heavy atom. The van der Waals surface area contributed by atoms with Crippen LogP contribution in [0.1, 0.15) is 38.6 Å². The van der Waals surface area contributed by atoms with E-state index in [2.05, 4.69) is 0 Å². The van der Waals surface area contributed by atoms with Crippen molar-refractivity contribution in [2.24, 2.45) is 0 Å². The third kappa shape index (κ3) is 4.44. The van der Waals surface area contributed by atoms with Gasteiger partial charge in [0.1, 0.15) is 11.5 Å². The molecule has 1 unspecified atom stereocenters. The quantitative estimate of drug-likeness (QED) is 0.742. The summed E-state index contributed by atoms with van der Waals surface area (Å²) >= 11 is 0. The largest absolute Gasteiger partial charge is 0.497 e. The van der Waals surface area contributed by atoms with Gasteiger partial charge < -0.3 is 14.2 Å². The van der Waals surface area contributed by atoms with Crippen LogP contribution in [0.4, 0.5) is 0 Å². The number of ether oxygens (including phenoxy) is 3. The first-order chi connectivity index (χ1) is 13.1. The van der Waals surface area contributed by atoms with E-state index in [1.165, 1.54) is 7.11 Å². The van der Waals surface area contributed by atoms with Gasteiger partial charge in [-0.2, -0.15) is 0 Å². The van der Waals surface area contributed by atoms with Crippen molar-refractivity contribution in [2.45, 2.75) is 12.3 Å². The van der Waals surface area contributed by atoms with Gasteiger partial charge in [-0.25, -0.2) is 9.59 Å². The Hall–Kier alpha value is -3.34. The van der Waals surface area contributed by atoms with Crippen molar-refractivity contribution in [1.29, 1.82) is 0 Å². The molecule has 27 heavy (non-hydrogen) atoms. The summed E-state index contributed by atoms with van der Waals surface area (Å²) < 4.78 is 15.2. The highest BCUT2D eigenvalue weighted by Gasteiger charge is 2.15. The predicted octanol–water partition coefficient (Wildman–Crippen LogP) is 4.27. The second kappa shape index (κ2) is 8.36. The van der Waals surface area contributed by atoms with Gasteiger partial charge in [0, 0.05) is 5.92 Å². The number of carbonyl (C=O) groups is 2. The van der Waals surface area contributed by atoms with Crippen molar-refractivity contribution >= 4 is 11.9 Å². The standard InChI is InChI=1S/C22H20O5/c1-25-19-11-9-18(10-12-19)22(24)27-20-13-7-16(8-14-20)15-3-5-17(6-4-15)21(23)26-2/h3-7,9-14,16H,8H2,1-2H3. The molecule has 3 rings (SSSR count). The summed E-state index contributed by atoms with van der Waals surface area (Å²) in [5, 5.41) is 0. The average molecular weight is 364 g/mol. The summed E-state index contributed by atoms with van der Waals surface area (Å²) in [4.78, 5) is 23.7. The van der Waals surface area contributed by atoms with E-state index >= 15 is 0 Å². The monoisotopic (exact) mass is 364 g/mol.